The van der Waals surface area contributed by atoms with Gasteiger partial charge in [-0.25, -0.2) is 0 Å². The molecule has 3 aromatic carbocycles. The van der Waals surface area contributed by atoms with Crippen molar-refractivity contribution in [3.8, 4) is 5.75 Å². The number of carbonyl (C=O) groups is 2. The van der Waals surface area contributed by atoms with Crippen LogP contribution in [0.2, 0.25) is 0 Å². The molecular weight excluding hydrogens is 492 g/mol. The van der Waals surface area contributed by atoms with Crippen LogP contribution in [0.4, 0.5) is 0 Å². The third-order valence-electron chi connectivity index (χ3n) is 6.04. The lowest BCUT2D eigenvalue weighted by molar-refractivity contribution is -0.143. The number of benzene rings is 3. The van der Waals surface area contributed by atoms with Crippen LogP contribution in [0, 0.1) is 6.92 Å². The van der Waals surface area contributed by atoms with Crippen LogP contribution in [0.1, 0.15) is 44.7 Å². The molecule has 2 atom stereocenters. The molecule has 0 fully saturated rings. The highest BCUT2D eigenvalue weighted by Crippen LogP contribution is 2.33. The van der Waals surface area contributed by atoms with Crippen molar-refractivity contribution in [1.82, 2.24) is 10.2 Å². The molecule has 0 bridgehead atoms. The molecule has 0 saturated heterocycles. The largest absolute Gasteiger partial charge is 0.483 e. The third kappa shape index (κ3) is 6.38. The van der Waals surface area contributed by atoms with Gasteiger partial charge in [0.1, 0.15) is 11.8 Å². The summed E-state index contributed by atoms with van der Waals surface area (Å²) < 4.78 is 6.76. The summed E-state index contributed by atoms with van der Waals surface area (Å²) in [5.41, 5.74) is 2.12. The maximum atomic E-state index is 13.4. The predicted molar refractivity (Wildman–Crippen MR) is 141 cm³/mol. The number of nitrogens with zero attached hydrogens (tertiary/aromatic N) is 1. The van der Waals surface area contributed by atoms with Gasteiger partial charge in [0, 0.05) is 12.6 Å². The molecule has 0 spiro atoms. The van der Waals surface area contributed by atoms with Crippen molar-refractivity contribution in [3.63, 3.8) is 0 Å². The van der Waals surface area contributed by atoms with Crippen LogP contribution in [-0.2, 0) is 16.1 Å². The Labute approximate surface area is 210 Å². The number of rotatable bonds is 10. The first-order chi connectivity index (χ1) is 16.3. The van der Waals surface area contributed by atoms with Gasteiger partial charge in [-0.1, -0.05) is 74.0 Å². The number of aryl methyl sites for hydroxylation is 1. The Bertz CT molecular complexity index is 1130. The molecule has 3 aromatic rings. The zero-order valence-electron chi connectivity index (χ0n) is 20.3. The summed E-state index contributed by atoms with van der Waals surface area (Å²) in [5, 5.41) is 5.13. The first-order valence-electron chi connectivity index (χ1n) is 11.8. The smallest absolute Gasteiger partial charge is 0.261 e. The van der Waals surface area contributed by atoms with Crippen LogP contribution in [0.25, 0.3) is 10.8 Å². The minimum absolute atomic E-state index is 0.0442. The predicted octanol–water partition coefficient (Wildman–Crippen LogP) is 6.01. The van der Waals surface area contributed by atoms with Gasteiger partial charge in [0.25, 0.3) is 5.91 Å². The van der Waals surface area contributed by atoms with E-state index in [9.17, 15) is 9.59 Å². The zero-order valence-corrected chi connectivity index (χ0v) is 21.9. The van der Waals surface area contributed by atoms with E-state index in [0.29, 0.717) is 18.7 Å². The average Bonchev–Trinajstić information content (AvgIpc) is 2.84. The molecule has 0 aliphatic carbocycles. The molecule has 0 aliphatic rings. The Kier molecular flexibility index (Phi) is 9.11. The Hall–Kier alpha value is -2.86. The fraction of sp³-hybridized carbons (Fsp3) is 0.357. The van der Waals surface area contributed by atoms with Crippen LogP contribution in [0.5, 0.6) is 5.75 Å². The van der Waals surface area contributed by atoms with Crippen LogP contribution in [0.15, 0.2) is 65.1 Å². The number of carbonyl (C=O) groups excluding carboxylic acids is 2. The second kappa shape index (κ2) is 12.0. The lowest BCUT2D eigenvalue weighted by atomic mass is 10.1. The van der Waals surface area contributed by atoms with Crippen molar-refractivity contribution >= 4 is 38.5 Å². The standard InChI is InChI=1S/C28H33BrN2O3/c1-5-20(4)30-28(33)24(6-2)31(17-21-13-11-19(3)12-14-21)26(32)18-34-25-16-15-22-9-7-8-10-23(22)27(25)29/h7-16,20,24H,5-6,17-18H2,1-4H3,(H,30,33)/t20-,24+/m1/s1. The Morgan fingerprint density at radius 2 is 1.71 bits per heavy atom. The highest BCUT2D eigenvalue weighted by atomic mass is 79.9. The molecule has 5 nitrogen and oxygen atoms in total. The molecule has 6 heteroatoms. The normalized spacial score (nSPS) is 12.7. The minimum Gasteiger partial charge on any atom is -0.483 e. The summed E-state index contributed by atoms with van der Waals surface area (Å²) in [6.45, 7) is 8.13. The highest BCUT2D eigenvalue weighted by Gasteiger charge is 2.29. The van der Waals surface area contributed by atoms with Gasteiger partial charge in [-0.2, -0.15) is 0 Å². The second-order valence-electron chi connectivity index (χ2n) is 8.64. The highest BCUT2D eigenvalue weighted by molar-refractivity contribution is 9.10. The second-order valence-corrected chi connectivity index (χ2v) is 9.43. The fourth-order valence-corrected chi connectivity index (χ4v) is 4.41. The van der Waals surface area contributed by atoms with E-state index >= 15 is 0 Å². The fourth-order valence-electron chi connectivity index (χ4n) is 3.80. The van der Waals surface area contributed by atoms with Crippen molar-refractivity contribution in [2.75, 3.05) is 6.61 Å². The van der Waals surface area contributed by atoms with Gasteiger partial charge in [0.15, 0.2) is 6.61 Å². The molecule has 3 rings (SSSR count). The molecule has 0 aromatic heterocycles. The summed E-state index contributed by atoms with van der Waals surface area (Å²) in [6.07, 6.45) is 1.34. The van der Waals surface area contributed by atoms with E-state index in [4.69, 9.17) is 4.74 Å². The Morgan fingerprint density at radius 1 is 1.00 bits per heavy atom. The van der Waals surface area contributed by atoms with E-state index < -0.39 is 6.04 Å². The van der Waals surface area contributed by atoms with Crippen molar-refractivity contribution in [3.05, 3.63) is 76.3 Å². The zero-order chi connectivity index (χ0) is 24.7. The van der Waals surface area contributed by atoms with Gasteiger partial charge in [0.05, 0.1) is 4.47 Å². The third-order valence-corrected chi connectivity index (χ3v) is 6.86. The number of hydrogen-bond donors (Lipinski definition) is 1. The SMILES string of the molecule is CC[C@@H](C)NC(=O)[C@H](CC)N(Cc1ccc(C)cc1)C(=O)COc1ccc2ccccc2c1Br. The monoisotopic (exact) mass is 524 g/mol. The summed E-state index contributed by atoms with van der Waals surface area (Å²) in [4.78, 5) is 28.1. The minimum atomic E-state index is -0.577. The molecule has 0 heterocycles. The van der Waals surface area contributed by atoms with Gasteiger partial charge in [-0.05, 0) is 65.0 Å². The summed E-state index contributed by atoms with van der Waals surface area (Å²) in [6, 6.07) is 19.3. The molecule has 0 unspecified atom stereocenters. The van der Waals surface area contributed by atoms with Crippen LogP contribution < -0.4 is 10.1 Å². The number of fused-ring (bicyclic) bond motifs is 1. The van der Waals surface area contributed by atoms with Gasteiger partial charge >= 0.3 is 0 Å². The van der Waals surface area contributed by atoms with Crippen LogP contribution in [-0.4, -0.2) is 35.4 Å². The Morgan fingerprint density at radius 3 is 2.38 bits per heavy atom. The molecule has 0 aliphatic heterocycles. The van der Waals surface area contributed by atoms with E-state index in [2.05, 4.69) is 21.2 Å². The van der Waals surface area contributed by atoms with E-state index in [1.165, 1.54) is 0 Å². The molecule has 0 saturated carbocycles. The molecule has 0 radical (unpaired) electrons. The van der Waals surface area contributed by atoms with E-state index in [-0.39, 0.29) is 24.5 Å². The maximum absolute atomic E-state index is 13.4. The first-order valence-corrected chi connectivity index (χ1v) is 12.6. The van der Waals surface area contributed by atoms with E-state index in [1.807, 2.05) is 88.4 Å². The quantitative estimate of drug-likeness (QED) is 0.353. The number of ether oxygens (including phenoxy) is 1. The van der Waals surface area contributed by atoms with Crippen molar-refractivity contribution in [2.24, 2.45) is 0 Å². The molecule has 2 amide bonds. The first kappa shape index (κ1) is 25.8. The maximum Gasteiger partial charge on any atom is 0.261 e. The van der Waals surface area contributed by atoms with Gasteiger partial charge < -0.3 is 15.0 Å². The van der Waals surface area contributed by atoms with Crippen LogP contribution >= 0.6 is 15.9 Å². The van der Waals surface area contributed by atoms with E-state index in [0.717, 1.165) is 32.8 Å². The van der Waals surface area contributed by atoms with Crippen LogP contribution in [0.3, 0.4) is 0 Å². The summed E-state index contributed by atoms with van der Waals surface area (Å²) in [7, 11) is 0. The van der Waals surface area contributed by atoms with Gasteiger partial charge in [-0.15, -0.1) is 0 Å². The average molecular weight is 525 g/mol. The van der Waals surface area contributed by atoms with Crippen molar-refractivity contribution < 1.29 is 14.3 Å². The number of halogens is 1. The summed E-state index contributed by atoms with van der Waals surface area (Å²) >= 11 is 3.62. The topological polar surface area (TPSA) is 58.6 Å². The number of hydrogen-bond acceptors (Lipinski definition) is 3. The molecule has 180 valence electrons. The van der Waals surface area contributed by atoms with Crippen molar-refractivity contribution in [1.29, 1.82) is 0 Å². The number of nitrogens with one attached hydrogen (secondary N) is 1. The summed E-state index contributed by atoms with van der Waals surface area (Å²) in [5.74, 6) is 0.232. The van der Waals surface area contributed by atoms with E-state index in [1.54, 1.807) is 4.90 Å². The molecule has 1 N–H and O–H groups in total. The van der Waals surface area contributed by atoms with Gasteiger partial charge in [0.2, 0.25) is 5.91 Å². The number of amides is 2. The Balaban J connectivity index is 1.82. The lowest BCUT2D eigenvalue weighted by Crippen LogP contribution is -2.51. The van der Waals surface area contributed by atoms with Gasteiger partial charge in [-0.3, -0.25) is 9.59 Å². The van der Waals surface area contributed by atoms with Crippen molar-refractivity contribution in [2.45, 2.75) is 59.2 Å². The lowest BCUT2D eigenvalue weighted by Gasteiger charge is -2.31. The molecule has 34 heavy (non-hydrogen) atoms. The molecular formula is C28H33BrN2O3.